The van der Waals surface area contributed by atoms with E-state index in [1.54, 1.807) is 6.07 Å². The first kappa shape index (κ1) is 15.6. The van der Waals surface area contributed by atoms with Crippen molar-refractivity contribution in [2.75, 3.05) is 0 Å². The van der Waals surface area contributed by atoms with E-state index in [0.717, 1.165) is 6.92 Å². The van der Waals surface area contributed by atoms with E-state index in [-0.39, 0.29) is 22.4 Å². The molecule has 0 aliphatic carbocycles. The van der Waals surface area contributed by atoms with Crippen molar-refractivity contribution in [2.45, 2.75) is 13.8 Å². The number of carbonyl (C=O) groups excluding carboxylic acids is 1. The van der Waals surface area contributed by atoms with Crippen LogP contribution >= 0.6 is 0 Å². The van der Waals surface area contributed by atoms with E-state index in [9.17, 15) is 0 Å². The Hall–Kier alpha value is -0.300. The van der Waals surface area contributed by atoms with Crippen molar-refractivity contribution in [1.82, 2.24) is 0 Å². The van der Waals surface area contributed by atoms with Crippen molar-refractivity contribution in [2.24, 2.45) is 0 Å². The summed E-state index contributed by atoms with van der Waals surface area (Å²) in [5.74, 6) is -1.08. The molecule has 0 aromatic carbocycles. The Morgan fingerprint density at radius 3 is 1.75 bits per heavy atom. The summed E-state index contributed by atoms with van der Waals surface area (Å²) in [5.41, 5.74) is 0. The second-order valence-corrected chi connectivity index (χ2v) is 0.715. The van der Waals surface area contributed by atoms with Crippen LogP contribution in [-0.2, 0) is 27.2 Å². The molecular weight excluding hydrogens is 202 g/mol. The molecule has 0 aliphatic heterocycles. The normalized spacial score (nSPS) is 4.12. The van der Waals surface area contributed by atoms with Crippen molar-refractivity contribution in [3.63, 3.8) is 0 Å². The van der Waals surface area contributed by atoms with Gasteiger partial charge < -0.3 is 9.90 Å². The number of nitrogens with zero attached hydrogens (tertiary/aromatic N) is 1. The maximum absolute atomic E-state index is 8.89. The number of hydrogen-bond acceptors (Lipinski definition) is 3. The average Bonchev–Trinajstić information content (AvgIpc) is 1.33. The van der Waals surface area contributed by atoms with Crippen LogP contribution < -0.4 is 5.11 Å². The van der Waals surface area contributed by atoms with Gasteiger partial charge in [-0.15, -0.1) is 0 Å². The molecule has 0 aliphatic rings. The summed E-state index contributed by atoms with van der Waals surface area (Å²) in [4.78, 5) is 8.89. The largest absolute Gasteiger partial charge is 1.00 e. The van der Waals surface area contributed by atoms with Gasteiger partial charge in [-0.2, -0.15) is 5.26 Å². The molecule has 0 rings (SSSR count). The van der Waals surface area contributed by atoms with Crippen LogP contribution in [0.25, 0.3) is 0 Å². The van der Waals surface area contributed by atoms with Gasteiger partial charge in [0.15, 0.2) is 0 Å². The van der Waals surface area contributed by atoms with Crippen molar-refractivity contribution in [3.8, 4) is 6.07 Å². The third-order valence-electron chi connectivity index (χ3n) is 0. The van der Waals surface area contributed by atoms with Crippen LogP contribution in [-0.4, -0.2) is 5.97 Å². The van der Waals surface area contributed by atoms with Crippen LogP contribution in [0.1, 0.15) is 13.8 Å². The van der Waals surface area contributed by atoms with Gasteiger partial charge in [-0.3, -0.25) is 0 Å². The molecule has 0 fully saturated rings. The Balaban J connectivity index is -0.0000000575. The van der Waals surface area contributed by atoms with Crippen molar-refractivity contribution < 1.29 is 32.3 Å². The molecule has 0 saturated carbocycles. The fourth-order valence-corrected chi connectivity index (χ4v) is 0. The van der Waals surface area contributed by atoms with E-state index < -0.39 is 5.97 Å². The van der Waals surface area contributed by atoms with E-state index in [0.29, 0.717) is 0 Å². The third-order valence-corrected chi connectivity index (χ3v) is 0. The molecule has 4 heteroatoms. The molecule has 0 N–H and O–H groups in total. The first-order valence-corrected chi connectivity index (χ1v) is 1.63. The number of carboxylic acids is 1. The van der Waals surface area contributed by atoms with Gasteiger partial charge in [0.1, 0.15) is 0 Å². The van der Waals surface area contributed by atoms with Crippen LogP contribution in [0.2, 0.25) is 0 Å². The van der Waals surface area contributed by atoms with Crippen molar-refractivity contribution in [1.29, 1.82) is 5.26 Å². The van der Waals surface area contributed by atoms with Gasteiger partial charge in [-0.25, -0.2) is 0 Å². The molecule has 0 unspecified atom stereocenters. The number of carboxylic acid groups (broad SMARTS) is 1. The average molecular weight is 208 g/mol. The predicted molar refractivity (Wildman–Crippen MR) is 22.0 cm³/mol. The van der Waals surface area contributed by atoms with Crippen LogP contribution in [0.15, 0.2) is 0 Å². The van der Waals surface area contributed by atoms with E-state index in [2.05, 4.69) is 0 Å². The van der Waals surface area contributed by atoms with E-state index in [1.165, 1.54) is 6.92 Å². The summed E-state index contributed by atoms with van der Waals surface area (Å²) in [5, 5.41) is 16.2. The Kier molecular flexibility index (Phi) is 31.1. The summed E-state index contributed by atoms with van der Waals surface area (Å²) in [6.45, 7) is 2.40. The quantitative estimate of drug-likeness (QED) is 0.493. The predicted octanol–water partition coefficient (Wildman–Crippen LogP) is -0.716. The summed E-state index contributed by atoms with van der Waals surface area (Å²) in [6.07, 6.45) is 0. The third kappa shape index (κ3) is 1400. The molecule has 0 spiro atoms. The molecule has 0 aromatic rings. The second kappa shape index (κ2) is 15.9. The van der Waals surface area contributed by atoms with Gasteiger partial charge in [0.25, 0.3) is 0 Å². The minimum atomic E-state index is -1.08. The van der Waals surface area contributed by atoms with Gasteiger partial charge in [0, 0.05) is 12.9 Å². The monoisotopic (exact) mass is 207 g/mol. The van der Waals surface area contributed by atoms with Gasteiger partial charge in [-0.05, 0) is 6.92 Å². The molecule has 50 valence electrons. The summed E-state index contributed by atoms with van der Waals surface area (Å²) in [7, 11) is 0. The van der Waals surface area contributed by atoms with Crippen LogP contribution in [0, 0.1) is 11.3 Å². The first-order valence-electron chi connectivity index (χ1n) is 1.63. The second-order valence-electron chi connectivity index (χ2n) is 0.715. The maximum atomic E-state index is 8.89. The van der Waals surface area contributed by atoms with Gasteiger partial charge >= 0.3 is 22.4 Å². The molecular formula is C4H6AgNO2. The van der Waals surface area contributed by atoms with E-state index in [1.807, 2.05) is 0 Å². The van der Waals surface area contributed by atoms with Crippen molar-refractivity contribution in [3.05, 3.63) is 0 Å². The Morgan fingerprint density at radius 1 is 1.75 bits per heavy atom. The minimum absolute atomic E-state index is 0. The van der Waals surface area contributed by atoms with Crippen molar-refractivity contribution >= 4 is 5.97 Å². The molecule has 0 bridgehead atoms. The topological polar surface area (TPSA) is 63.9 Å². The summed E-state index contributed by atoms with van der Waals surface area (Å²) < 4.78 is 0. The summed E-state index contributed by atoms with van der Waals surface area (Å²) in [6, 6.07) is 1.75. The van der Waals surface area contributed by atoms with Gasteiger partial charge in [-0.1, -0.05) is 0 Å². The molecule has 0 amide bonds. The Labute approximate surface area is 63.8 Å². The molecule has 0 atom stereocenters. The SMILES string of the molecule is CC#N.CC(=O)[O-].[Ag+]. The smallest absolute Gasteiger partial charge is 0.550 e. The fourth-order valence-electron chi connectivity index (χ4n) is 0. The Bertz CT molecular complexity index is 82.5. The number of rotatable bonds is 0. The maximum Gasteiger partial charge on any atom is 1.00 e. The zero-order valence-electron chi connectivity index (χ0n) is 4.57. The van der Waals surface area contributed by atoms with Gasteiger partial charge in [0.2, 0.25) is 0 Å². The van der Waals surface area contributed by atoms with E-state index in [4.69, 9.17) is 15.2 Å². The molecule has 3 nitrogen and oxygen atoms in total. The number of nitriles is 1. The number of carbonyl (C=O) groups is 1. The number of hydrogen-bond donors (Lipinski definition) is 0. The van der Waals surface area contributed by atoms with Crippen LogP contribution in [0.3, 0.4) is 0 Å². The zero-order valence-corrected chi connectivity index (χ0v) is 6.05. The summed E-state index contributed by atoms with van der Waals surface area (Å²) >= 11 is 0. The van der Waals surface area contributed by atoms with Crippen LogP contribution in [0.5, 0.6) is 0 Å². The molecule has 0 heterocycles. The van der Waals surface area contributed by atoms with Gasteiger partial charge in [0.05, 0.1) is 6.07 Å². The Morgan fingerprint density at radius 2 is 1.75 bits per heavy atom. The standard InChI is InChI=1S/C2H3N.C2H4O2.Ag/c1-2-3;1-2(3)4;/h1H3;1H3,(H,3,4);/q;;+1/p-1. The molecule has 0 aromatic heterocycles. The minimum Gasteiger partial charge on any atom is -0.550 e. The molecule has 0 radical (unpaired) electrons. The number of aliphatic carboxylic acids is 1. The molecule has 0 saturated heterocycles. The zero-order chi connectivity index (χ0) is 6.28. The first-order chi connectivity index (χ1) is 3.15. The molecule has 8 heavy (non-hydrogen) atoms. The van der Waals surface area contributed by atoms with Crippen LogP contribution in [0.4, 0.5) is 0 Å². The van der Waals surface area contributed by atoms with E-state index >= 15 is 0 Å². The fraction of sp³-hybridized carbons (Fsp3) is 0.500.